The van der Waals surface area contributed by atoms with Gasteiger partial charge in [-0.25, -0.2) is 0 Å². The Morgan fingerprint density at radius 2 is 1.77 bits per heavy atom. The number of nitrogens with zero attached hydrogens (tertiary/aromatic N) is 3. The predicted octanol–water partition coefficient (Wildman–Crippen LogP) is 3.69. The molecule has 2 aromatic carbocycles. The lowest BCUT2D eigenvalue weighted by atomic mass is 9.81. The molecule has 2 aromatic rings. The van der Waals surface area contributed by atoms with Gasteiger partial charge in [-0.2, -0.15) is 0 Å². The van der Waals surface area contributed by atoms with Gasteiger partial charge in [0.25, 0.3) is 11.6 Å². The van der Waals surface area contributed by atoms with Crippen molar-refractivity contribution in [1.82, 2.24) is 4.90 Å². The van der Waals surface area contributed by atoms with Crippen LogP contribution in [-0.2, 0) is 4.74 Å². The van der Waals surface area contributed by atoms with Crippen molar-refractivity contribution < 1.29 is 24.0 Å². The number of fused-ring (bicyclic) bond motifs is 1. The van der Waals surface area contributed by atoms with Gasteiger partial charge in [0.2, 0.25) is 0 Å². The highest BCUT2D eigenvalue weighted by atomic mass is 16.6. The molecule has 0 atom stereocenters. The van der Waals surface area contributed by atoms with Crippen molar-refractivity contribution in [3.8, 4) is 5.75 Å². The Kier molecular flexibility index (Phi) is 5.96. The van der Waals surface area contributed by atoms with E-state index in [1.165, 1.54) is 6.07 Å². The molecule has 0 saturated carbocycles. The summed E-state index contributed by atoms with van der Waals surface area (Å²) in [5, 5.41) is 11.8. The van der Waals surface area contributed by atoms with Crippen molar-refractivity contribution in [2.45, 2.75) is 38.7 Å². The van der Waals surface area contributed by atoms with Crippen molar-refractivity contribution in [2.75, 3.05) is 44.3 Å². The molecule has 3 heterocycles. The largest absolute Gasteiger partial charge is 0.486 e. The third-order valence-corrected chi connectivity index (χ3v) is 7.25. The molecule has 5 rings (SSSR count). The number of nitro benzene ring substituents is 1. The zero-order valence-corrected chi connectivity index (χ0v) is 20.0. The van der Waals surface area contributed by atoms with Gasteiger partial charge in [-0.3, -0.25) is 19.7 Å². The maximum absolute atomic E-state index is 13.2. The number of benzene rings is 2. The summed E-state index contributed by atoms with van der Waals surface area (Å²) in [6.07, 6.45) is 1.36. The third-order valence-electron chi connectivity index (χ3n) is 7.25. The molecule has 1 amide bonds. The number of piperidine rings is 1. The van der Waals surface area contributed by atoms with Crippen LogP contribution < -0.4 is 9.64 Å². The molecule has 184 valence electrons. The summed E-state index contributed by atoms with van der Waals surface area (Å²) in [6.45, 7) is 6.93. The molecule has 9 nitrogen and oxygen atoms in total. The number of Topliss-reactive ketones (excluding diaryl/α,β-unsaturated/α-hetero) is 1. The van der Waals surface area contributed by atoms with Crippen LogP contribution in [-0.4, -0.2) is 66.5 Å². The fourth-order valence-corrected chi connectivity index (χ4v) is 5.39. The summed E-state index contributed by atoms with van der Waals surface area (Å²) in [5.74, 6) is 0.485. The van der Waals surface area contributed by atoms with Crippen LogP contribution in [0.2, 0.25) is 0 Å². The van der Waals surface area contributed by atoms with Crippen LogP contribution in [0.5, 0.6) is 5.75 Å². The van der Waals surface area contributed by atoms with Crippen LogP contribution >= 0.6 is 0 Å². The number of anilines is 1. The van der Waals surface area contributed by atoms with Gasteiger partial charge >= 0.3 is 0 Å². The number of aryl methyl sites for hydroxylation is 2. The Labute approximate surface area is 203 Å². The minimum absolute atomic E-state index is 0.0742. The summed E-state index contributed by atoms with van der Waals surface area (Å²) in [4.78, 5) is 41.1. The second kappa shape index (κ2) is 8.96. The number of hydrogen-bond donors (Lipinski definition) is 0. The second-order valence-electron chi connectivity index (χ2n) is 9.70. The van der Waals surface area contributed by atoms with Crippen molar-refractivity contribution in [3.05, 3.63) is 62.7 Å². The Morgan fingerprint density at radius 3 is 2.46 bits per heavy atom. The molecular formula is C26H29N3O6. The van der Waals surface area contributed by atoms with Crippen molar-refractivity contribution in [2.24, 2.45) is 0 Å². The van der Waals surface area contributed by atoms with Crippen LogP contribution in [0, 0.1) is 24.0 Å². The van der Waals surface area contributed by atoms with Gasteiger partial charge < -0.3 is 19.3 Å². The van der Waals surface area contributed by atoms with Gasteiger partial charge in [-0.05, 0) is 43.2 Å². The molecule has 35 heavy (non-hydrogen) atoms. The van der Waals surface area contributed by atoms with E-state index in [1.807, 2.05) is 30.9 Å². The topological polar surface area (TPSA) is 102 Å². The number of carbonyl (C=O) groups excluding carboxylic acids is 2. The number of likely N-dealkylation sites (tertiary alicyclic amines) is 1. The zero-order chi connectivity index (χ0) is 24.7. The Morgan fingerprint density at radius 1 is 1.06 bits per heavy atom. The number of hydrogen-bond acceptors (Lipinski definition) is 7. The molecule has 2 fully saturated rings. The number of amides is 1. The van der Waals surface area contributed by atoms with E-state index in [0.717, 1.165) is 11.1 Å². The highest BCUT2D eigenvalue weighted by Crippen LogP contribution is 2.41. The van der Waals surface area contributed by atoms with E-state index < -0.39 is 10.5 Å². The van der Waals surface area contributed by atoms with Crippen molar-refractivity contribution in [1.29, 1.82) is 0 Å². The monoisotopic (exact) mass is 479 g/mol. The molecule has 0 aromatic heterocycles. The minimum atomic E-state index is -0.618. The second-order valence-corrected chi connectivity index (χ2v) is 9.70. The van der Waals surface area contributed by atoms with E-state index >= 15 is 0 Å². The zero-order valence-electron chi connectivity index (χ0n) is 20.0. The quantitative estimate of drug-likeness (QED) is 0.489. The first-order valence-corrected chi connectivity index (χ1v) is 12.0. The van der Waals surface area contributed by atoms with E-state index in [4.69, 9.17) is 9.47 Å². The average molecular weight is 480 g/mol. The van der Waals surface area contributed by atoms with E-state index in [-0.39, 0.29) is 17.4 Å². The van der Waals surface area contributed by atoms with E-state index in [9.17, 15) is 19.7 Å². The van der Waals surface area contributed by atoms with Crippen molar-refractivity contribution >= 4 is 23.1 Å². The van der Waals surface area contributed by atoms with E-state index in [2.05, 4.69) is 0 Å². The lowest BCUT2D eigenvalue weighted by Gasteiger charge is -2.44. The number of ether oxygens (including phenoxy) is 2. The molecule has 0 unspecified atom stereocenters. The molecule has 3 aliphatic heterocycles. The normalized spacial score (nSPS) is 19.3. The van der Waals surface area contributed by atoms with Gasteiger partial charge in [-0.15, -0.1) is 0 Å². The first-order valence-electron chi connectivity index (χ1n) is 12.0. The number of rotatable bonds is 3. The Bertz CT molecular complexity index is 1200. The first-order chi connectivity index (χ1) is 16.8. The van der Waals surface area contributed by atoms with Gasteiger partial charge in [0.05, 0.1) is 30.1 Å². The molecule has 3 aliphatic rings. The first kappa shape index (κ1) is 23.3. The van der Waals surface area contributed by atoms with E-state index in [1.54, 1.807) is 17.0 Å². The number of morpholine rings is 1. The number of ketones is 1. The number of carbonyl (C=O) groups is 2. The third kappa shape index (κ3) is 4.36. The molecule has 9 heteroatoms. The molecule has 0 bridgehead atoms. The van der Waals surface area contributed by atoms with Crippen LogP contribution in [0.25, 0.3) is 0 Å². The summed E-state index contributed by atoms with van der Waals surface area (Å²) in [5.41, 5.74) is 2.72. The van der Waals surface area contributed by atoms with Crippen molar-refractivity contribution in [3.63, 3.8) is 0 Å². The average Bonchev–Trinajstić information content (AvgIpc) is 2.85. The molecular weight excluding hydrogens is 450 g/mol. The molecule has 0 N–H and O–H groups in total. The lowest BCUT2D eigenvalue weighted by molar-refractivity contribution is -0.384. The van der Waals surface area contributed by atoms with Gasteiger partial charge in [-0.1, -0.05) is 6.07 Å². The SMILES string of the molecule is Cc1cc(C)c2c(c1)C(=O)CC1(CCN(C(=O)c3ccc(N4CCOCC4)c([N+](=O)[O-])c3)CC1)O2. The summed E-state index contributed by atoms with van der Waals surface area (Å²) in [6, 6.07) is 8.58. The van der Waals surface area contributed by atoms with Gasteiger partial charge in [0.1, 0.15) is 17.0 Å². The molecule has 0 aliphatic carbocycles. The summed E-state index contributed by atoms with van der Waals surface area (Å²) in [7, 11) is 0. The minimum Gasteiger partial charge on any atom is -0.486 e. The van der Waals surface area contributed by atoms with E-state index in [0.29, 0.717) is 81.2 Å². The fraction of sp³-hybridized carbons (Fsp3) is 0.462. The molecule has 1 spiro atoms. The maximum Gasteiger partial charge on any atom is 0.293 e. The highest BCUT2D eigenvalue weighted by Gasteiger charge is 2.44. The summed E-state index contributed by atoms with van der Waals surface area (Å²) < 4.78 is 11.8. The highest BCUT2D eigenvalue weighted by molar-refractivity contribution is 6.01. The van der Waals surface area contributed by atoms with Gasteiger partial charge in [0.15, 0.2) is 5.78 Å². The maximum atomic E-state index is 13.2. The smallest absolute Gasteiger partial charge is 0.293 e. The fourth-order valence-electron chi connectivity index (χ4n) is 5.39. The van der Waals surface area contributed by atoms with Crippen LogP contribution in [0.15, 0.2) is 30.3 Å². The van der Waals surface area contributed by atoms with Gasteiger partial charge in [0, 0.05) is 50.7 Å². The molecule has 2 saturated heterocycles. The Balaban J connectivity index is 1.32. The Hall–Kier alpha value is -3.46. The lowest BCUT2D eigenvalue weighted by Crippen LogP contribution is -2.52. The summed E-state index contributed by atoms with van der Waals surface area (Å²) >= 11 is 0. The van der Waals surface area contributed by atoms with Crippen LogP contribution in [0.4, 0.5) is 11.4 Å². The standard InChI is InChI=1S/C26H29N3O6/c1-17-13-18(2)24-20(14-17)23(30)16-26(35-24)5-7-28(8-6-26)25(31)19-3-4-21(22(15-19)29(32)33)27-9-11-34-12-10-27/h3-4,13-15H,5-12,16H2,1-2H3. The molecule has 0 radical (unpaired) electrons. The van der Waals surface area contributed by atoms with Crippen LogP contribution in [0.1, 0.15) is 51.1 Å². The number of nitro groups is 1. The predicted molar refractivity (Wildman–Crippen MR) is 129 cm³/mol. The van der Waals surface area contributed by atoms with Crippen LogP contribution in [0.3, 0.4) is 0 Å².